The van der Waals surface area contributed by atoms with Crippen molar-refractivity contribution in [3.8, 4) is 5.75 Å². The second-order valence-electron chi connectivity index (χ2n) is 6.21. The molecule has 2 rings (SSSR count). The molecule has 0 unspecified atom stereocenters. The van der Waals surface area contributed by atoms with E-state index in [1.807, 2.05) is 32.0 Å². The number of hydrogen-bond acceptors (Lipinski definition) is 6. The summed E-state index contributed by atoms with van der Waals surface area (Å²) in [7, 11) is -2.70. The van der Waals surface area contributed by atoms with Gasteiger partial charge in [-0.25, -0.2) is 18.4 Å². The number of para-hydroxylation sites is 1. The Kier molecular flexibility index (Phi) is 6.42. The van der Waals surface area contributed by atoms with E-state index < -0.39 is 28.0 Å². The van der Waals surface area contributed by atoms with Gasteiger partial charge in [-0.05, 0) is 50.1 Å². The number of nitrogens with one attached hydrogen (secondary N) is 1. The number of sulfonamides is 1. The third-order valence-electron chi connectivity index (χ3n) is 4.10. The van der Waals surface area contributed by atoms with Gasteiger partial charge in [-0.1, -0.05) is 18.2 Å². The average molecular weight is 406 g/mol. The molecule has 3 N–H and O–H groups in total. The van der Waals surface area contributed by atoms with Gasteiger partial charge in [-0.2, -0.15) is 0 Å². The van der Waals surface area contributed by atoms with Crippen molar-refractivity contribution < 1.29 is 27.5 Å². The number of carbonyl (C=O) groups is 2. The molecule has 28 heavy (non-hydrogen) atoms. The number of nitrogens with two attached hydrogens (primary N) is 1. The lowest BCUT2D eigenvalue weighted by molar-refractivity contribution is -0.123. The standard InChI is InChI=1S/C19H22N2O6S/c1-11-6-5-7-12(2)17(11)21-18(22)13(3)27-19(23)15-10-14(28(20,24)25)8-9-16(15)26-4/h5-10,13H,1-4H3,(H,21,22)(H2,20,24,25)/t13-/m1/s1. The zero-order valence-corrected chi connectivity index (χ0v) is 16.8. The third kappa shape index (κ3) is 4.87. The van der Waals surface area contributed by atoms with Gasteiger partial charge in [-0.15, -0.1) is 0 Å². The second kappa shape index (κ2) is 8.41. The van der Waals surface area contributed by atoms with Crippen LogP contribution in [-0.4, -0.2) is 33.5 Å². The average Bonchev–Trinajstić information content (AvgIpc) is 2.63. The number of methoxy groups -OCH3 is 1. The van der Waals surface area contributed by atoms with E-state index >= 15 is 0 Å². The predicted molar refractivity (Wildman–Crippen MR) is 104 cm³/mol. The maximum atomic E-state index is 12.5. The summed E-state index contributed by atoms with van der Waals surface area (Å²) in [6.07, 6.45) is -1.13. The van der Waals surface area contributed by atoms with Crippen molar-refractivity contribution in [2.24, 2.45) is 5.14 Å². The van der Waals surface area contributed by atoms with Gasteiger partial charge in [0.15, 0.2) is 6.10 Å². The predicted octanol–water partition coefficient (Wildman–Crippen LogP) is 2.14. The fourth-order valence-corrected chi connectivity index (χ4v) is 3.08. The molecule has 9 heteroatoms. The molecule has 0 aliphatic rings. The van der Waals surface area contributed by atoms with Crippen molar-refractivity contribution in [2.45, 2.75) is 31.8 Å². The molecular weight excluding hydrogens is 384 g/mol. The summed E-state index contributed by atoms with van der Waals surface area (Å²) in [5.74, 6) is -1.33. The summed E-state index contributed by atoms with van der Waals surface area (Å²) in [6, 6.07) is 9.12. The molecule has 0 heterocycles. The third-order valence-corrected chi connectivity index (χ3v) is 5.01. The highest BCUT2D eigenvalue weighted by atomic mass is 32.2. The van der Waals surface area contributed by atoms with Crippen molar-refractivity contribution in [2.75, 3.05) is 12.4 Å². The van der Waals surface area contributed by atoms with E-state index in [-0.39, 0.29) is 16.2 Å². The highest BCUT2D eigenvalue weighted by molar-refractivity contribution is 7.89. The highest BCUT2D eigenvalue weighted by Gasteiger charge is 2.24. The Morgan fingerprint density at radius 1 is 1.11 bits per heavy atom. The van der Waals surface area contributed by atoms with Crippen LogP contribution in [0.2, 0.25) is 0 Å². The van der Waals surface area contributed by atoms with Crippen LogP contribution in [0.3, 0.4) is 0 Å². The number of rotatable bonds is 6. The number of benzene rings is 2. The maximum absolute atomic E-state index is 12.5. The van der Waals surface area contributed by atoms with E-state index in [1.54, 1.807) is 0 Å². The molecular formula is C19H22N2O6S. The second-order valence-corrected chi connectivity index (χ2v) is 7.77. The van der Waals surface area contributed by atoms with E-state index in [1.165, 1.54) is 26.2 Å². The molecule has 0 aromatic heterocycles. The summed E-state index contributed by atoms with van der Waals surface area (Å²) in [5, 5.41) is 7.83. The van der Waals surface area contributed by atoms with E-state index in [4.69, 9.17) is 14.6 Å². The molecule has 150 valence electrons. The van der Waals surface area contributed by atoms with Gasteiger partial charge in [-0.3, -0.25) is 4.79 Å². The summed E-state index contributed by atoms with van der Waals surface area (Å²) >= 11 is 0. The van der Waals surface area contributed by atoms with Gasteiger partial charge >= 0.3 is 5.97 Å². The quantitative estimate of drug-likeness (QED) is 0.708. The van der Waals surface area contributed by atoms with Crippen LogP contribution in [-0.2, 0) is 19.6 Å². The van der Waals surface area contributed by atoms with E-state index in [9.17, 15) is 18.0 Å². The number of aryl methyl sites for hydroxylation is 2. The molecule has 2 aromatic carbocycles. The van der Waals surface area contributed by atoms with Crippen LogP contribution in [0.5, 0.6) is 5.75 Å². The van der Waals surface area contributed by atoms with Gasteiger partial charge < -0.3 is 14.8 Å². The Morgan fingerprint density at radius 3 is 2.25 bits per heavy atom. The van der Waals surface area contributed by atoms with E-state index in [0.29, 0.717) is 5.69 Å². The molecule has 0 saturated heterocycles. The molecule has 8 nitrogen and oxygen atoms in total. The summed E-state index contributed by atoms with van der Waals surface area (Å²) < 4.78 is 33.3. The highest BCUT2D eigenvalue weighted by Crippen LogP contribution is 2.24. The number of primary sulfonamides is 1. The van der Waals surface area contributed by atoms with Gasteiger partial charge in [0.25, 0.3) is 5.91 Å². The van der Waals surface area contributed by atoms with Crippen molar-refractivity contribution in [3.63, 3.8) is 0 Å². The minimum atomic E-state index is -4.02. The van der Waals surface area contributed by atoms with E-state index in [0.717, 1.165) is 17.2 Å². The Morgan fingerprint density at radius 2 is 1.71 bits per heavy atom. The summed E-state index contributed by atoms with van der Waals surface area (Å²) in [5.41, 5.74) is 2.23. The first kappa shape index (κ1) is 21.4. The van der Waals surface area contributed by atoms with Crippen LogP contribution in [0.25, 0.3) is 0 Å². The number of carbonyl (C=O) groups excluding carboxylic acids is 2. The lowest BCUT2D eigenvalue weighted by atomic mass is 10.1. The van der Waals surface area contributed by atoms with Crippen LogP contribution in [0, 0.1) is 13.8 Å². The largest absolute Gasteiger partial charge is 0.496 e. The Bertz CT molecular complexity index is 997. The van der Waals surface area contributed by atoms with Crippen molar-refractivity contribution in [1.29, 1.82) is 0 Å². The first-order valence-electron chi connectivity index (χ1n) is 8.33. The number of amides is 1. The zero-order valence-electron chi connectivity index (χ0n) is 16.0. The SMILES string of the molecule is COc1ccc(S(N)(=O)=O)cc1C(=O)O[C@H](C)C(=O)Nc1c(C)cccc1C. The number of hydrogen-bond donors (Lipinski definition) is 2. The normalized spacial score (nSPS) is 12.2. The van der Waals surface area contributed by atoms with Crippen LogP contribution in [0.4, 0.5) is 5.69 Å². The van der Waals surface area contributed by atoms with Crippen LogP contribution >= 0.6 is 0 Å². The number of esters is 1. The molecule has 1 atom stereocenters. The van der Waals surface area contributed by atoms with Crippen molar-refractivity contribution in [1.82, 2.24) is 0 Å². The maximum Gasteiger partial charge on any atom is 0.342 e. The fraction of sp³-hybridized carbons (Fsp3) is 0.263. The first-order valence-corrected chi connectivity index (χ1v) is 9.88. The van der Waals surface area contributed by atoms with Gasteiger partial charge in [0.1, 0.15) is 11.3 Å². The van der Waals surface area contributed by atoms with Crippen LogP contribution in [0.1, 0.15) is 28.4 Å². The molecule has 0 saturated carbocycles. The fourth-order valence-electron chi connectivity index (χ4n) is 2.54. The lowest BCUT2D eigenvalue weighted by Crippen LogP contribution is -2.30. The molecule has 2 aromatic rings. The summed E-state index contributed by atoms with van der Waals surface area (Å²) in [4.78, 5) is 24.6. The van der Waals surface area contributed by atoms with Gasteiger partial charge in [0, 0.05) is 5.69 Å². The molecule has 0 bridgehead atoms. The molecule has 0 aliphatic carbocycles. The lowest BCUT2D eigenvalue weighted by Gasteiger charge is -2.17. The Labute approximate surface area is 163 Å². The van der Waals surface area contributed by atoms with E-state index in [2.05, 4.69) is 5.32 Å². The molecule has 0 spiro atoms. The minimum absolute atomic E-state index is 0.0970. The Balaban J connectivity index is 2.21. The topological polar surface area (TPSA) is 125 Å². The van der Waals surface area contributed by atoms with Crippen molar-refractivity contribution in [3.05, 3.63) is 53.1 Å². The minimum Gasteiger partial charge on any atom is -0.496 e. The molecule has 0 aliphatic heterocycles. The molecule has 0 radical (unpaired) electrons. The van der Waals surface area contributed by atoms with Crippen molar-refractivity contribution >= 4 is 27.6 Å². The van der Waals surface area contributed by atoms with Gasteiger partial charge in [0.2, 0.25) is 10.0 Å². The first-order chi connectivity index (χ1) is 13.0. The Hall–Kier alpha value is -2.91. The van der Waals surface area contributed by atoms with Crippen LogP contribution < -0.4 is 15.2 Å². The number of ether oxygens (including phenoxy) is 2. The zero-order chi connectivity index (χ0) is 21.1. The van der Waals surface area contributed by atoms with Gasteiger partial charge in [0.05, 0.1) is 12.0 Å². The van der Waals surface area contributed by atoms with Crippen LogP contribution in [0.15, 0.2) is 41.3 Å². The smallest absolute Gasteiger partial charge is 0.342 e. The molecule has 1 amide bonds. The number of anilines is 1. The monoisotopic (exact) mass is 406 g/mol. The molecule has 0 fully saturated rings. The summed E-state index contributed by atoms with van der Waals surface area (Å²) in [6.45, 7) is 5.11.